The molecule has 1 saturated heterocycles. The first kappa shape index (κ1) is 8.05. The van der Waals surface area contributed by atoms with Crippen molar-refractivity contribution in [2.45, 2.75) is 5.54 Å². The topological polar surface area (TPSA) is 38.0 Å². The van der Waals surface area contributed by atoms with Crippen molar-refractivity contribution in [1.82, 2.24) is 5.32 Å². The third kappa shape index (κ3) is 1.12. The number of nitrogens with two attached hydrogens (primary N) is 1. The van der Waals surface area contributed by atoms with Crippen LogP contribution in [0.1, 0.15) is 5.56 Å². The molecule has 3 N–H and O–H groups in total. The molecule has 0 atom stereocenters. The summed E-state index contributed by atoms with van der Waals surface area (Å²) in [6.45, 7) is 1.63. The van der Waals surface area contributed by atoms with Gasteiger partial charge in [0.25, 0.3) is 0 Å². The molecule has 0 radical (unpaired) electrons. The Morgan fingerprint density at radius 2 is 2.00 bits per heavy atom. The Bertz CT molecular complexity index is 294. The maximum absolute atomic E-state index is 6.08. The fourth-order valence-corrected chi connectivity index (χ4v) is 1.77. The fraction of sp³-hybridized carbons (Fsp3) is 0.333. The normalized spacial score (nSPS) is 20.2. The van der Waals surface area contributed by atoms with Crippen molar-refractivity contribution < 1.29 is 0 Å². The molecule has 64 valence electrons. The van der Waals surface area contributed by atoms with Crippen molar-refractivity contribution in [2.24, 2.45) is 5.73 Å². The molecule has 0 aliphatic carbocycles. The lowest BCUT2D eigenvalue weighted by Gasteiger charge is -2.39. The molecule has 1 aromatic carbocycles. The van der Waals surface area contributed by atoms with Gasteiger partial charge in [0, 0.05) is 18.1 Å². The summed E-state index contributed by atoms with van der Waals surface area (Å²) in [7, 11) is 0. The first-order chi connectivity index (χ1) is 5.72. The van der Waals surface area contributed by atoms with Gasteiger partial charge in [-0.1, -0.05) is 29.8 Å². The van der Waals surface area contributed by atoms with Crippen molar-refractivity contribution in [2.75, 3.05) is 13.1 Å². The largest absolute Gasteiger partial charge is 0.319 e. The summed E-state index contributed by atoms with van der Waals surface area (Å²) in [4.78, 5) is 0. The van der Waals surface area contributed by atoms with E-state index in [0.717, 1.165) is 23.7 Å². The minimum Gasteiger partial charge on any atom is -0.319 e. The maximum atomic E-state index is 6.08. The predicted octanol–water partition coefficient (Wildman–Crippen LogP) is 1.10. The van der Waals surface area contributed by atoms with Gasteiger partial charge in [0.05, 0.1) is 5.54 Å². The number of rotatable bonds is 1. The van der Waals surface area contributed by atoms with Crippen LogP contribution in [0.15, 0.2) is 24.3 Å². The summed E-state index contributed by atoms with van der Waals surface area (Å²) in [5, 5.41) is 3.91. The number of halogens is 1. The van der Waals surface area contributed by atoms with Gasteiger partial charge in [0.2, 0.25) is 0 Å². The number of benzene rings is 1. The van der Waals surface area contributed by atoms with Gasteiger partial charge in [-0.05, 0) is 11.6 Å². The van der Waals surface area contributed by atoms with Gasteiger partial charge in [-0.15, -0.1) is 0 Å². The van der Waals surface area contributed by atoms with Gasteiger partial charge in [-0.2, -0.15) is 0 Å². The number of nitrogens with one attached hydrogen (secondary N) is 1. The Morgan fingerprint density at radius 1 is 1.33 bits per heavy atom. The second kappa shape index (κ2) is 2.73. The van der Waals surface area contributed by atoms with E-state index in [4.69, 9.17) is 17.3 Å². The zero-order valence-corrected chi connectivity index (χ0v) is 7.43. The predicted molar refractivity (Wildman–Crippen MR) is 50.2 cm³/mol. The van der Waals surface area contributed by atoms with Crippen molar-refractivity contribution in [3.8, 4) is 0 Å². The van der Waals surface area contributed by atoms with E-state index < -0.39 is 0 Å². The average molecular weight is 183 g/mol. The molecule has 0 bridgehead atoms. The summed E-state index contributed by atoms with van der Waals surface area (Å²) in [5.74, 6) is 0. The molecule has 0 amide bonds. The molecule has 2 rings (SSSR count). The van der Waals surface area contributed by atoms with Crippen LogP contribution in [-0.4, -0.2) is 13.1 Å². The van der Waals surface area contributed by atoms with Crippen LogP contribution in [0.5, 0.6) is 0 Å². The molecular formula is C9H11ClN2. The second-order valence-electron chi connectivity index (χ2n) is 3.24. The van der Waals surface area contributed by atoms with E-state index in [-0.39, 0.29) is 5.54 Å². The van der Waals surface area contributed by atoms with E-state index in [1.54, 1.807) is 0 Å². The van der Waals surface area contributed by atoms with E-state index in [9.17, 15) is 0 Å². The minimum absolute atomic E-state index is 0.238. The molecule has 3 heteroatoms. The van der Waals surface area contributed by atoms with Gasteiger partial charge in [-0.25, -0.2) is 0 Å². The van der Waals surface area contributed by atoms with Crippen molar-refractivity contribution in [3.05, 3.63) is 34.9 Å². The van der Waals surface area contributed by atoms with Gasteiger partial charge < -0.3 is 11.1 Å². The monoisotopic (exact) mass is 182 g/mol. The minimum atomic E-state index is -0.238. The van der Waals surface area contributed by atoms with Crippen LogP contribution in [-0.2, 0) is 5.54 Å². The van der Waals surface area contributed by atoms with Gasteiger partial charge >= 0.3 is 0 Å². The van der Waals surface area contributed by atoms with Crippen molar-refractivity contribution >= 4 is 11.6 Å². The molecule has 0 saturated carbocycles. The summed E-state index contributed by atoms with van der Waals surface area (Å²) in [6.07, 6.45) is 0. The molecule has 0 unspecified atom stereocenters. The molecule has 1 aliphatic rings. The van der Waals surface area contributed by atoms with E-state index in [1.807, 2.05) is 24.3 Å². The Kier molecular flexibility index (Phi) is 1.83. The molecule has 0 spiro atoms. The number of hydrogen-bond donors (Lipinski definition) is 2. The Morgan fingerprint density at radius 3 is 2.50 bits per heavy atom. The quantitative estimate of drug-likeness (QED) is 0.683. The van der Waals surface area contributed by atoms with Crippen LogP contribution in [0.25, 0.3) is 0 Å². The summed E-state index contributed by atoms with van der Waals surface area (Å²) in [6, 6.07) is 7.75. The maximum Gasteiger partial charge on any atom is 0.0676 e. The molecule has 1 aromatic rings. The third-order valence-electron chi connectivity index (χ3n) is 2.29. The average Bonchev–Trinajstić information content (AvgIpc) is 2.01. The van der Waals surface area contributed by atoms with Gasteiger partial charge in [0.15, 0.2) is 0 Å². The fourth-order valence-electron chi connectivity index (χ4n) is 1.45. The van der Waals surface area contributed by atoms with E-state index in [0.29, 0.717) is 0 Å². The first-order valence-electron chi connectivity index (χ1n) is 3.97. The van der Waals surface area contributed by atoms with Crippen molar-refractivity contribution in [1.29, 1.82) is 0 Å². The van der Waals surface area contributed by atoms with Crippen LogP contribution in [0, 0.1) is 0 Å². The van der Waals surface area contributed by atoms with Crippen LogP contribution in [0.2, 0.25) is 5.02 Å². The van der Waals surface area contributed by atoms with Crippen LogP contribution >= 0.6 is 11.6 Å². The molecule has 2 nitrogen and oxygen atoms in total. The highest BCUT2D eigenvalue weighted by Crippen LogP contribution is 2.28. The molecule has 1 fully saturated rings. The van der Waals surface area contributed by atoms with Crippen molar-refractivity contribution in [3.63, 3.8) is 0 Å². The molecule has 0 aromatic heterocycles. The lowest BCUT2D eigenvalue weighted by Crippen LogP contribution is -2.62. The lowest BCUT2D eigenvalue weighted by atomic mass is 9.85. The summed E-state index contributed by atoms with van der Waals surface area (Å²) in [5.41, 5.74) is 6.89. The van der Waals surface area contributed by atoms with E-state index >= 15 is 0 Å². The van der Waals surface area contributed by atoms with E-state index in [1.165, 1.54) is 0 Å². The summed E-state index contributed by atoms with van der Waals surface area (Å²) >= 11 is 6.01. The van der Waals surface area contributed by atoms with Crippen LogP contribution in [0.3, 0.4) is 0 Å². The van der Waals surface area contributed by atoms with Crippen LogP contribution < -0.4 is 11.1 Å². The zero-order valence-electron chi connectivity index (χ0n) is 6.68. The van der Waals surface area contributed by atoms with Gasteiger partial charge in [0.1, 0.15) is 0 Å². The second-order valence-corrected chi connectivity index (χ2v) is 3.65. The smallest absolute Gasteiger partial charge is 0.0676 e. The first-order valence-corrected chi connectivity index (χ1v) is 4.35. The zero-order chi connectivity index (χ0) is 8.60. The highest BCUT2D eigenvalue weighted by atomic mass is 35.5. The lowest BCUT2D eigenvalue weighted by molar-refractivity contribution is 0.287. The standard InChI is InChI=1S/C9H11ClN2/c10-8-4-2-1-3-7(8)9(11)5-12-6-9/h1-4,12H,5-6,11H2. The Balaban J connectivity index is 2.39. The Labute approximate surface area is 76.7 Å². The molecule has 1 aliphatic heterocycles. The summed E-state index contributed by atoms with van der Waals surface area (Å²) < 4.78 is 0. The van der Waals surface area contributed by atoms with Gasteiger partial charge in [-0.3, -0.25) is 0 Å². The van der Waals surface area contributed by atoms with Crippen LogP contribution in [0.4, 0.5) is 0 Å². The molecule has 12 heavy (non-hydrogen) atoms. The highest BCUT2D eigenvalue weighted by Gasteiger charge is 2.35. The highest BCUT2D eigenvalue weighted by molar-refractivity contribution is 6.31. The van der Waals surface area contributed by atoms with E-state index in [2.05, 4.69) is 5.32 Å². The Hall–Kier alpha value is -0.570. The third-order valence-corrected chi connectivity index (χ3v) is 2.62. The molecular weight excluding hydrogens is 172 g/mol. The number of hydrogen-bond acceptors (Lipinski definition) is 2. The SMILES string of the molecule is NC1(c2ccccc2Cl)CNC1. The molecule has 1 heterocycles.